The van der Waals surface area contributed by atoms with Gasteiger partial charge in [0, 0.05) is 6.54 Å². The average Bonchev–Trinajstić information content (AvgIpc) is 2.68. The first kappa shape index (κ1) is 16.9. The number of rotatable bonds is 6. The van der Waals surface area contributed by atoms with Gasteiger partial charge in [0.25, 0.3) is 0 Å². The van der Waals surface area contributed by atoms with E-state index in [2.05, 4.69) is 77.8 Å². The lowest BCUT2D eigenvalue weighted by atomic mass is 10.0. The minimum atomic E-state index is 0.106. The molecular weight excluding hydrogens is 330 g/mol. The SMILES string of the molecule is CN(C)CCn1ncc(Br)c1C(NN)C1C(C)(C)C1(C)C. The van der Waals surface area contributed by atoms with Crippen molar-refractivity contribution in [2.45, 2.75) is 40.3 Å². The van der Waals surface area contributed by atoms with Gasteiger partial charge in [-0.2, -0.15) is 5.10 Å². The van der Waals surface area contributed by atoms with Crippen molar-refractivity contribution < 1.29 is 0 Å². The standard InChI is InChI=1S/C15H28BrN5/c1-14(2)13(15(14,3)4)11(19-17)12-10(16)9-18-21(12)8-7-20(5)6/h9,11,13,19H,7-8,17H2,1-6H3. The van der Waals surface area contributed by atoms with Crippen molar-refractivity contribution in [3.8, 4) is 0 Å². The van der Waals surface area contributed by atoms with Gasteiger partial charge in [0.15, 0.2) is 0 Å². The first-order valence-electron chi connectivity index (χ1n) is 7.46. The summed E-state index contributed by atoms with van der Waals surface area (Å²) in [5.41, 5.74) is 4.73. The maximum atomic E-state index is 5.92. The Kier molecular flexibility index (Phi) is 4.55. The molecule has 0 spiro atoms. The zero-order chi connectivity index (χ0) is 16.0. The molecule has 0 amide bonds. The first-order chi connectivity index (χ1) is 9.64. The Hall–Kier alpha value is -0.430. The smallest absolute Gasteiger partial charge is 0.0713 e. The Morgan fingerprint density at radius 2 is 1.95 bits per heavy atom. The molecule has 6 heteroatoms. The summed E-state index contributed by atoms with van der Waals surface area (Å²) in [5.74, 6) is 6.41. The third-order valence-corrected chi connectivity index (χ3v) is 6.14. The van der Waals surface area contributed by atoms with Crippen molar-refractivity contribution in [2.24, 2.45) is 22.6 Å². The van der Waals surface area contributed by atoms with Gasteiger partial charge in [-0.25, -0.2) is 0 Å². The largest absolute Gasteiger partial charge is 0.308 e. The van der Waals surface area contributed by atoms with E-state index >= 15 is 0 Å². The predicted octanol–water partition coefficient (Wildman–Crippen LogP) is 2.39. The van der Waals surface area contributed by atoms with Crippen molar-refractivity contribution in [3.63, 3.8) is 0 Å². The Labute approximate surface area is 136 Å². The Morgan fingerprint density at radius 3 is 2.38 bits per heavy atom. The van der Waals surface area contributed by atoms with Crippen molar-refractivity contribution >= 4 is 15.9 Å². The van der Waals surface area contributed by atoms with Crippen LogP contribution in [0.4, 0.5) is 0 Å². The van der Waals surface area contributed by atoms with Crippen LogP contribution >= 0.6 is 15.9 Å². The molecule has 1 aliphatic carbocycles. The topological polar surface area (TPSA) is 59.1 Å². The summed E-state index contributed by atoms with van der Waals surface area (Å²) in [6.07, 6.45) is 1.87. The molecular formula is C15H28BrN5. The van der Waals surface area contributed by atoms with Crippen LogP contribution in [0.1, 0.15) is 39.4 Å². The molecule has 1 aliphatic rings. The highest BCUT2D eigenvalue weighted by molar-refractivity contribution is 9.10. The van der Waals surface area contributed by atoms with Crippen LogP contribution in [0, 0.1) is 16.7 Å². The second-order valence-corrected chi connectivity index (χ2v) is 8.32. The maximum absolute atomic E-state index is 5.92. The van der Waals surface area contributed by atoms with Crippen molar-refractivity contribution in [2.75, 3.05) is 20.6 Å². The fraction of sp³-hybridized carbons (Fsp3) is 0.800. The Bertz CT molecular complexity index is 492. The van der Waals surface area contributed by atoms with E-state index < -0.39 is 0 Å². The number of hydrazine groups is 1. The molecule has 0 aliphatic heterocycles. The van der Waals surface area contributed by atoms with E-state index in [0.29, 0.717) is 5.92 Å². The molecule has 120 valence electrons. The van der Waals surface area contributed by atoms with Crippen LogP contribution in [0.15, 0.2) is 10.7 Å². The summed E-state index contributed by atoms with van der Waals surface area (Å²) in [5, 5.41) is 4.51. The molecule has 1 aromatic heterocycles. The van der Waals surface area contributed by atoms with Gasteiger partial charge < -0.3 is 4.90 Å². The van der Waals surface area contributed by atoms with Gasteiger partial charge in [0.2, 0.25) is 0 Å². The third kappa shape index (κ3) is 2.79. The van der Waals surface area contributed by atoms with Crippen LogP contribution in [0.25, 0.3) is 0 Å². The predicted molar refractivity (Wildman–Crippen MR) is 89.6 cm³/mol. The summed E-state index contributed by atoms with van der Waals surface area (Å²) in [7, 11) is 4.15. The molecule has 1 heterocycles. The van der Waals surface area contributed by atoms with Gasteiger partial charge in [-0.05, 0) is 46.8 Å². The summed E-state index contributed by atoms with van der Waals surface area (Å²) >= 11 is 3.64. The second-order valence-electron chi connectivity index (χ2n) is 7.47. The fourth-order valence-electron chi connectivity index (χ4n) is 3.57. The van der Waals surface area contributed by atoms with E-state index in [0.717, 1.165) is 23.3 Å². The highest BCUT2D eigenvalue weighted by Crippen LogP contribution is 2.72. The van der Waals surface area contributed by atoms with Gasteiger partial charge in [-0.1, -0.05) is 27.7 Å². The minimum absolute atomic E-state index is 0.106. The maximum Gasteiger partial charge on any atom is 0.0713 e. The molecule has 21 heavy (non-hydrogen) atoms. The molecule has 1 aromatic rings. The summed E-state index contributed by atoms with van der Waals surface area (Å²) in [4.78, 5) is 2.16. The number of hydrogen-bond acceptors (Lipinski definition) is 4. The van der Waals surface area contributed by atoms with Gasteiger partial charge in [-0.15, -0.1) is 0 Å². The highest BCUT2D eigenvalue weighted by Gasteiger charge is 2.67. The quantitative estimate of drug-likeness (QED) is 0.606. The van der Waals surface area contributed by atoms with E-state index in [4.69, 9.17) is 5.84 Å². The molecule has 0 aromatic carbocycles. The number of nitrogens with one attached hydrogen (secondary N) is 1. The molecule has 0 bridgehead atoms. The Balaban J connectivity index is 2.29. The number of halogens is 1. The van der Waals surface area contributed by atoms with Crippen LogP contribution in [0.2, 0.25) is 0 Å². The van der Waals surface area contributed by atoms with Crippen LogP contribution in [-0.4, -0.2) is 35.3 Å². The molecule has 3 N–H and O–H groups in total. The van der Waals surface area contributed by atoms with Crippen LogP contribution < -0.4 is 11.3 Å². The molecule has 0 radical (unpaired) electrons. The molecule has 1 unspecified atom stereocenters. The van der Waals surface area contributed by atoms with Crippen LogP contribution in [0.5, 0.6) is 0 Å². The highest BCUT2D eigenvalue weighted by atomic mass is 79.9. The number of likely N-dealkylation sites (N-methyl/N-ethyl adjacent to an activating group) is 1. The molecule has 5 nitrogen and oxygen atoms in total. The number of hydrogen-bond donors (Lipinski definition) is 2. The molecule has 1 saturated carbocycles. The number of aromatic nitrogens is 2. The van der Waals surface area contributed by atoms with E-state index in [1.807, 2.05) is 6.20 Å². The number of nitrogens with zero attached hydrogens (tertiary/aromatic N) is 3. The van der Waals surface area contributed by atoms with Crippen LogP contribution in [0.3, 0.4) is 0 Å². The lowest BCUT2D eigenvalue weighted by Crippen LogP contribution is -2.34. The number of nitrogens with two attached hydrogens (primary N) is 1. The van der Waals surface area contributed by atoms with E-state index in [-0.39, 0.29) is 16.9 Å². The van der Waals surface area contributed by atoms with Crippen molar-refractivity contribution in [1.82, 2.24) is 20.1 Å². The van der Waals surface area contributed by atoms with E-state index in [9.17, 15) is 0 Å². The second kappa shape index (κ2) is 5.65. The molecule has 1 atom stereocenters. The lowest BCUT2D eigenvalue weighted by molar-refractivity contribution is 0.345. The van der Waals surface area contributed by atoms with Gasteiger partial charge in [0.05, 0.1) is 29.0 Å². The van der Waals surface area contributed by atoms with Crippen molar-refractivity contribution in [1.29, 1.82) is 0 Å². The zero-order valence-electron chi connectivity index (χ0n) is 13.9. The van der Waals surface area contributed by atoms with Crippen LogP contribution in [-0.2, 0) is 6.54 Å². The third-order valence-electron chi connectivity index (χ3n) is 5.53. The average molecular weight is 358 g/mol. The fourth-order valence-corrected chi connectivity index (χ4v) is 4.11. The Morgan fingerprint density at radius 1 is 1.38 bits per heavy atom. The zero-order valence-corrected chi connectivity index (χ0v) is 15.5. The minimum Gasteiger partial charge on any atom is -0.308 e. The van der Waals surface area contributed by atoms with Gasteiger partial charge in [-0.3, -0.25) is 16.0 Å². The summed E-state index contributed by atoms with van der Waals surface area (Å²) in [6, 6.07) is 0.106. The molecule has 1 fully saturated rings. The first-order valence-corrected chi connectivity index (χ1v) is 8.26. The van der Waals surface area contributed by atoms with Gasteiger partial charge in [0.1, 0.15) is 0 Å². The van der Waals surface area contributed by atoms with E-state index in [1.165, 1.54) is 0 Å². The summed E-state index contributed by atoms with van der Waals surface area (Å²) < 4.78 is 3.10. The van der Waals surface area contributed by atoms with Crippen molar-refractivity contribution in [3.05, 3.63) is 16.4 Å². The normalized spacial score (nSPS) is 21.8. The summed E-state index contributed by atoms with van der Waals surface area (Å²) in [6.45, 7) is 11.1. The van der Waals surface area contributed by atoms with Gasteiger partial charge >= 0.3 is 0 Å². The monoisotopic (exact) mass is 357 g/mol. The lowest BCUT2D eigenvalue weighted by Gasteiger charge is -2.21. The molecule has 0 saturated heterocycles. The molecule has 2 rings (SSSR count). The van der Waals surface area contributed by atoms with E-state index in [1.54, 1.807) is 0 Å².